The number of hydrogen-bond acceptors (Lipinski definition) is 4. The summed E-state index contributed by atoms with van der Waals surface area (Å²) in [4.78, 5) is 19.1. The smallest absolute Gasteiger partial charge is 0.313 e. The van der Waals surface area contributed by atoms with Gasteiger partial charge in [0.2, 0.25) is 0 Å². The molecule has 0 aliphatic carbocycles. The van der Waals surface area contributed by atoms with Gasteiger partial charge in [-0.05, 0) is 62.1 Å². The van der Waals surface area contributed by atoms with E-state index in [9.17, 15) is 13.6 Å². The van der Waals surface area contributed by atoms with Crippen LogP contribution in [0, 0.1) is 17.0 Å². The van der Waals surface area contributed by atoms with E-state index in [0.29, 0.717) is 25.1 Å². The first-order valence-corrected chi connectivity index (χ1v) is 9.25. The summed E-state index contributed by atoms with van der Waals surface area (Å²) in [5.41, 5.74) is 0.618. The molecule has 1 aliphatic heterocycles. The normalized spacial score (nSPS) is 20.4. The van der Waals surface area contributed by atoms with Gasteiger partial charge in [-0.25, -0.2) is 8.78 Å². The monoisotopic (exact) mass is 374 g/mol. The average molecular weight is 374 g/mol. The lowest BCUT2D eigenvalue weighted by atomic mass is 9.75. The second-order valence-electron chi connectivity index (χ2n) is 7.08. The molecule has 1 unspecified atom stereocenters. The summed E-state index contributed by atoms with van der Waals surface area (Å²) in [6.07, 6.45) is 5.12. The number of carbonyl (C=O) groups excluding carboxylic acids is 1. The Balaban J connectivity index is 1.84. The number of ether oxygens (including phenoxy) is 1. The summed E-state index contributed by atoms with van der Waals surface area (Å²) >= 11 is 0. The van der Waals surface area contributed by atoms with Crippen molar-refractivity contribution in [3.8, 4) is 0 Å². The van der Waals surface area contributed by atoms with Crippen molar-refractivity contribution < 1.29 is 18.3 Å². The minimum atomic E-state index is -0.833. The fourth-order valence-corrected chi connectivity index (χ4v) is 3.81. The lowest BCUT2D eigenvalue weighted by Crippen LogP contribution is -2.49. The summed E-state index contributed by atoms with van der Waals surface area (Å²) in [7, 11) is 0. The summed E-state index contributed by atoms with van der Waals surface area (Å²) in [5.74, 6) is -1.55. The fourth-order valence-electron chi connectivity index (χ4n) is 3.81. The van der Waals surface area contributed by atoms with E-state index in [0.717, 1.165) is 24.6 Å². The molecular formula is C21H24F2N2O2. The number of aromatic nitrogens is 1. The van der Waals surface area contributed by atoms with Crippen molar-refractivity contribution in [3.63, 3.8) is 0 Å². The number of benzene rings is 1. The van der Waals surface area contributed by atoms with Crippen molar-refractivity contribution in [2.45, 2.75) is 32.7 Å². The van der Waals surface area contributed by atoms with Crippen LogP contribution in [0.15, 0.2) is 42.7 Å². The highest BCUT2D eigenvalue weighted by molar-refractivity contribution is 5.77. The standard InChI is InChI=1S/C21H24F2N2O2/c1-2-27-20(26)21(13-17-4-5-18(22)12-19(17)23)8-3-11-25(15-21)14-16-6-9-24-10-7-16/h4-7,9-10,12H,2-3,8,11,13-15H2,1H3. The number of halogens is 2. The Kier molecular flexibility index (Phi) is 6.16. The predicted octanol–water partition coefficient (Wildman–Crippen LogP) is 3.75. The number of esters is 1. The van der Waals surface area contributed by atoms with Gasteiger partial charge in [0.1, 0.15) is 11.6 Å². The zero-order valence-corrected chi connectivity index (χ0v) is 15.5. The van der Waals surface area contributed by atoms with E-state index in [2.05, 4.69) is 9.88 Å². The van der Waals surface area contributed by atoms with Gasteiger partial charge in [-0.15, -0.1) is 0 Å². The summed E-state index contributed by atoms with van der Waals surface area (Å²) in [5, 5.41) is 0. The Bertz CT molecular complexity index is 785. The lowest BCUT2D eigenvalue weighted by Gasteiger charge is -2.41. The maximum absolute atomic E-state index is 14.3. The molecule has 144 valence electrons. The molecule has 6 heteroatoms. The minimum Gasteiger partial charge on any atom is -0.466 e. The van der Waals surface area contributed by atoms with E-state index < -0.39 is 17.0 Å². The number of likely N-dealkylation sites (tertiary alicyclic amines) is 1. The van der Waals surface area contributed by atoms with Crippen LogP contribution in [-0.2, 0) is 22.5 Å². The van der Waals surface area contributed by atoms with Gasteiger partial charge in [0.25, 0.3) is 0 Å². The first-order chi connectivity index (χ1) is 13.0. The van der Waals surface area contributed by atoms with E-state index in [-0.39, 0.29) is 19.0 Å². The third kappa shape index (κ3) is 4.69. The topological polar surface area (TPSA) is 42.4 Å². The lowest BCUT2D eigenvalue weighted by molar-refractivity contribution is -0.159. The highest BCUT2D eigenvalue weighted by Crippen LogP contribution is 2.36. The molecule has 1 aliphatic rings. The molecular weight excluding hydrogens is 350 g/mol. The zero-order chi connectivity index (χ0) is 19.3. The van der Waals surface area contributed by atoms with Crippen molar-refractivity contribution in [3.05, 3.63) is 65.5 Å². The van der Waals surface area contributed by atoms with Crippen molar-refractivity contribution in [2.75, 3.05) is 19.7 Å². The fraction of sp³-hybridized carbons (Fsp3) is 0.429. The maximum atomic E-state index is 14.3. The van der Waals surface area contributed by atoms with Gasteiger partial charge in [-0.2, -0.15) is 0 Å². The van der Waals surface area contributed by atoms with Gasteiger partial charge in [0, 0.05) is 31.5 Å². The van der Waals surface area contributed by atoms with E-state index in [1.165, 1.54) is 12.1 Å². The molecule has 0 amide bonds. The van der Waals surface area contributed by atoms with E-state index >= 15 is 0 Å². The van der Waals surface area contributed by atoms with Gasteiger partial charge < -0.3 is 4.74 Å². The molecule has 1 aromatic heterocycles. The zero-order valence-electron chi connectivity index (χ0n) is 15.5. The van der Waals surface area contributed by atoms with Crippen LogP contribution >= 0.6 is 0 Å². The first kappa shape index (κ1) is 19.4. The Labute approximate surface area is 158 Å². The molecule has 2 heterocycles. The second kappa shape index (κ2) is 8.57. The van der Waals surface area contributed by atoms with Gasteiger partial charge in [-0.3, -0.25) is 14.7 Å². The van der Waals surface area contributed by atoms with Crippen molar-refractivity contribution in [1.29, 1.82) is 0 Å². The molecule has 0 N–H and O–H groups in total. The van der Waals surface area contributed by atoms with Crippen LogP contribution in [-0.4, -0.2) is 35.5 Å². The molecule has 0 saturated carbocycles. The van der Waals surface area contributed by atoms with Gasteiger partial charge in [-0.1, -0.05) is 6.07 Å². The van der Waals surface area contributed by atoms with Crippen LogP contribution in [0.5, 0.6) is 0 Å². The summed E-state index contributed by atoms with van der Waals surface area (Å²) < 4.78 is 32.9. The quantitative estimate of drug-likeness (QED) is 0.723. The molecule has 27 heavy (non-hydrogen) atoms. The SMILES string of the molecule is CCOC(=O)C1(Cc2ccc(F)cc2F)CCCN(Cc2ccncc2)C1. The van der Waals surface area contributed by atoms with Crippen LogP contribution in [0.4, 0.5) is 8.78 Å². The first-order valence-electron chi connectivity index (χ1n) is 9.25. The molecule has 1 fully saturated rings. The Hall–Kier alpha value is -2.34. The van der Waals surface area contributed by atoms with E-state index in [4.69, 9.17) is 4.74 Å². The second-order valence-corrected chi connectivity index (χ2v) is 7.08. The van der Waals surface area contributed by atoms with Crippen LogP contribution in [0.25, 0.3) is 0 Å². The van der Waals surface area contributed by atoms with Gasteiger partial charge in [0.05, 0.1) is 12.0 Å². The predicted molar refractivity (Wildman–Crippen MR) is 97.9 cm³/mol. The number of rotatable bonds is 6. The molecule has 1 atom stereocenters. The minimum absolute atomic E-state index is 0.199. The number of carbonyl (C=O) groups is 1. The number of nitrogens with zero attached hydrogens (tertiary/aromatic N) is 2. The maximum Gasteiger partial charge on any atom is 0.313 e. The van der Waals surface area contributed by atoms with E-state index in [1.807, 2.05) is 12.1 Å². The highest BCUT2D eigenvalue weighted by Gasteiger charge is 2.44. The number of hydrogen-bond donors (Lipinski definition) is 0. The Morgan fingerprint density at radius 2 is 2.04 bits per heavy atom. The molecule has 1 saturated heterocycles. The van der Waals surface area contributed by atoms with Crippen molar-refractivity contribution in [1.82, 2.24) is 9.88 Å². The third-order valence-corrected chi connectivity index (χ3v) is 5.06. The average Bonchev–Trinajstić information content (AvgIpc) is 2.65. The molecule has 0 spiro atoms. The number of pyridine rings is 1. The number of piperidine rings is 1. The van der Waals surface area contributed by atoms with Crippen LogP contribution < -0.4 is 0 Å². The van der Waals surface area contributed by atoms with E-state index in [1.54, 1.807) is 19.3 Å². The summed E-state index contributed by atoms with van der Waals surface area (Å²) in [6.45, 7) is 4.06. The molecule has 1 aromatic carbocycles. The van der Waals surface area contributed by atoms with Crippen molar-refractivity contribution >= 4 is 5.97 Å². The highest BCUT2D eigenvalue weighted by atomic mass is 19.1. The molecule has 0 bridgehead atoms. The van der Waals surface area contributed by atoms with Gasteiger partial charge >= 0.3 is 5.97 Å². The third-order valence-electron chi connectivity index (χ3n) is 5.06. The largest absolute Gasteiger partial charge is 0.466 e. The van der Waals surface area contributed by atoms with Gasteiger partial charge in [0.15, 0.2) is 0 Å². The Morgan fingerprint density at radius 3 is 2.74 bits per heavy atom. The van der Waals surface area contributed by atoms with Crippen molar-refractivity contribution in [2.24, 2.45) is 5.41 Å². The van der Waals surface area contributed by atoms with Crippen LogP contribution in [0.2, 0.25) is 0 Å². The van der Waals surface area contributed by atoms with Crippen LogP contribution in [0.1, 0.15) is 30.9 Å². The molecule has 2 aromatic rings. The summed E-state index contributed by atoms with van der Waals surface area (Å²) in [6, 6.07) is 7.41. The molecule has 0 radical (unpaired) electrons. The Morgan fingerprint density at radius 1 is 1.26 bits per heavy atom. The van der Waals surface area contributed by atoms with Crippen LogP contribution in [0.3, 0.4) is 0 Å². The molecule has 3 rings (SSSR count). The molecule has 4 nitrogen and oxygen atoms in total.